The maximum Gasteiger partial charge on any atom is 0.227 e. The SMILES string of the molecule is CCOC(CCNC(=NC)NCC(C)(C)C(=O)NC)C(C)C.I. The Labute approximate surface area is 158 Å². The van der Waals surface area contributed by atoms with Crippen LogP contribution in [0.5, 0.6) is 0 Å². The first-order chi connectivity index (χ1) is 10.3. The van der Waals surface area contributed by atoms with Gasteiger partial charge in [0.25, 0.3) is 0 Å². The average Bonchev–Trinajstić information content (AvgIpc) is 2.48. The van der Waals surface area contributed by atoms with Crippen LogP contribution >= 0.6 is 24.0 Å². The van der Waals surface area contributed by atoms with Crippen molar-refractivity contribution < 1.29 is 9.53 Å². The van der Waals surface area contributed by atoms with Crippen LogP contribution in [-0.2, 0) is 9.53 Å². The van der Waals surface area contributed by atoms with Crippen LogP contribution in [0.25, 0.3) is 0 Å². The predicted molar refractivity (Wildman–Crippen MR) is 107 cm³/mol. The van der Waals surface area contributed by atoms with Gasteiger partial charge in [0, 0.05) is 33.8 Å². The molecule has 6 nitrogen and oxygen atoms in total. The van der Waals surface area contributed by atoms with Crippen molar-refractivity contribution in [1.82, 2.24) is 16.0 Å². The van der Waals surface area contributed by atoms with Gasteiger partial charge >= 0.3 is 0 Å². The summed E-state index contributed by atoms with van der Waals surface area (Å²) >= 11 is 0. The molecule has 7 heteroatoms. The third-order valence-corrected chi connectivity index (χ3v) is 3.61. The van der Waals surface area contributed by atoms with Gasteiger partial charge in [-0.1, -0.05) is 13.8 Å². The van der Waals surface area contributed by atoms with E-state index in [-0.39, 0.29) is 36.0 Å². The van der Waals surface area contributed by atoms with E-state index in [1.165, 1.54) is 0 Å². The highest BCUT2D eigenvalue weighted by Gasteiger charge is 2.26. The fourth-order valence-corrected chi connectivity index (χ4v) is 2.10. The van der Waals surface area contributed by atoms with Crippen molar-refractivity contribution in [3.63, 3.8) is 0 Å². The third kappa shape index (κ3) is 10.0. The van der Waals surface area contributed by atoms with E-state index in [0.717, 1.165) is 19.6 Å². The van der Waals surface area contributed by atoms with Gasteiger partial charge in [0.1, 0.15) is 0 Å². The summed E-state index contributed by atoms with van der Waals surface area (Å²) in [5.74, 6) is 1.20. The zero-order valence-electron chi connectivity index (χ0n) is 15.7. The van der Waals surface area contributed by atoms with Gasteiger partial charge in [-0.25, -0.2) is 0 Å². The first kappa shape index (κ1) is 24.7. The molecule has 1 unspecified atom stereocenters. The molecule has 0 heterocycles. The summed E-state index contributed by atoms with van der Waals surface area (Å²) in [6, 6.07) is 0. The van der Waals surface area contributed by atoms with Crippen LogP contribution in [0.4, 0.5) is 0 Å². The molecule has 0 aliphatic rings. The van der Waals surface area contributed by atoms with Gasteiger partial charge < -0.3 is 20.7 Å². The number of hydrogen-bond acceptors (Lipinski definition) is 3. The second kappa shape index (κ2) is 12.8. The van der Waals surface area contributed by atoms with Crippen molar-refractivity contribution >= 4 is 35.8 Å². The Morgan fingerprint density at radius 3 is 2.30 bits per heavy atom. The fraction of sp³-hybridized carbons (Fsp3) is 0.875. The number of aliphatic imine (C=N–C) groups is 1. The maximum absolute atomic E-state index is 11.8. The molecular weight excluding hydrogens is 407 g/mol. The van der Waals surface area contributed by atoms with E-state index in [1.54, 1.807) is 14.1 Å². The number of carbonyl (C=O) groups excluding carboxylic acids is 1. The summed E-state index contributed by atoms with van der Waals surface area (Å²) in [6.45, 7) is 12.2. The minimum Gasteiger partial charge on any atom is -0.378 e. The van der Waals surface area contributed by atoms with Gasteiger partial charge in [-0.2, -0.15) is 0 Å². The number of ether oxygens (including phenoxy) is 1. The standard InChI is InChI=1S/C16H34N4O2.HI/c1-8-22-13(12(2)3)9-10-19-15(18-7)20-11-16(4,5)14(21)17-6;/h12-13H,8-11H2,1-7H3,(H,17,21)(H2,18,19,20);1H. The summed E-state index contributed by atoms with van der Waals surface area (Å²) in [7, 11) is 3.38. The van der Waals surface area contributed by atoms with Crippen molar-refractivity contribution in [3.05, 3.63) is 0 Å². The van der Waals surface area contributed by atoms with Crippen molar-refractivity contribution in [2.24, 2.45) is 16.3 Å². The predicted octanol–water partition coefficient (Wildman–Crippen LogP) is 1.99. The monoisotopic (exact) mass is 442 g/mol. The molecule has 0 aromatic heterocycles. The molecule has 3 N–H and O–H groups in total. The Hall–Kier alpha value is -0.570. The quantitative estimate of drug-likeness (QED) is 0.290. The first-order valence-corrected chi connectivity index (χ1v) is 8.06. The molecule has 0 spiro atoms. The Kier molecular flexibility index (Phi) is 13.7. The summed E-state index contributed by atoms with van der Waals surface area (Å²) in [5, 5.41) is 9.14. The lowest BCUT2D eigenvalue weighted by Gasteiger charge is -2.25. The van der Waals surface area contributed by atoms with E-state index in [2.05, 4.69) is 34.8 Å². The van der Waals surface area contributed by atoms with E-state index >= 15 is 0 Å². The minimum atomic E-state index is -0.488. The highest BCUT2D eigenvalue weighted by molar-refractivity contribution is 14.0. The summed E-state index contributed by atoms with van der Waals surface area (Å²) in [5.41, 5.74) is -0.488. The Morgan fingerprint density at radius 1 is 1.26 bits per heavy atom. The van der Waals surface area contributed by atoms with Crippen LogP contribution in [0.3, 0.4) is 0 Å². The van der Waals surface area contributed by atoms with Crippen LogP contribution in [0, 0.1) is 11.3 Å². The molecule has 0 saturated heterocycles. The summed E-state index contributed by atoms with van der Waals surface area (Å²) in [6.07, 6.45) is 1.17. The lowest BCUT2D eigenvalue weighted by molar-refractivity contribution is -0.128. The lowest BCUT2D eigenvalue weighted by atomic mass is 9.92. The number of guanidine groups is 1. The van der Waals surface area contributed by atoms with Crippen molar-refractivity contribution in [2.45, 2.75) is 47.1 Å². The Morgan fingerprint density at radius 2 is 1.87 bits per heavy atom. The van der Waals surface area contributed by atoms with Crippen LogP contribution < -0.4 is 16.0 Å². The van der Waals surface area contributed by atoms with Gasteiger partial charge in [-0.3, -0.25) is 9.79 Å². The zero-order chi connectivity index (χ0) is 17.2. The molecular formula is C16H35IN4O2. The summed E-state index contributed by atoms with van der Waals surface area (Å²) < 4.78 is 5.73. The number of halogens is 1. The van der Waals surface area contributed by atoms with Crippen LogP contribution in [-0.4, -0.2) is 51.8 Å². The molecule has 1 amide bonds. The fourth-order valence-electron chi connectivity index (χ4n) is 2.10. The van der Waals surface area contributed by atoms with E-state index in [9.17, 15) is 4.79 Å². The molecule has 0 aromatic carbocycles. The van der Waals surface area contributed by atoms with E-state index in [0.29, 0.717) is 18.4 Å². The van der Waals surface area contributed by atoms with Gasteiger partial charge in [-0.05, 0) is 33.1 Å². The molecule has 0 rings (SSSR count). The molecule has 0 bridgehead atoms. The van der Waals surface area contributed by atoms with Gasteiger partial charge in [0.05, 0.1) is 11.5 Å². The molecule has 0 saturated carbocycles. The average molecular weight is 442 g/mol. The molecule has 0 fully saturated rings. The van der Waals surface area contributed by atoms with Crippen molar-refractivity contribution in [3.8, 4) is 0 Å². The summed E-state index contributed by atoms with van der Waals surface area (Å²) in [4.78, 5) is 15.9. The van der Waals surface area contributed by atoms with E-state index in [1.807, 2.05) is 20.8 Å². The highest BCUT2D eigenvalue weighted by atomic mass is 127. The smallest absolute Gasteiger partial charge is 0.227 e. The third-order valence-electron chi connectivity index (χ3n) is 3.61. The van der Waals surface area contributed by atoms with Gasteiger partial charge in [-0.15, -0.1) is 24.0 Å². The van der Waals surface area contributed by atoms with Crippen LogP contribution in [0.2, 0.25) is 0 Å². The molecule has 1 atom stereocenters. The first-order valence-electron chi connectivity index (χ1n) is 8.06. The molecule has 23 heavy (non-hydrogen) atoms. The molecule has 0 radical (unpaired) electrons. The van der Waals surface area contributed by atoms with Crippen LogP contribution in [0.1, 0.15) is 41.0 Å². The number of nitrogens with zero attached hydrogens (tertiary/aromatic N) is 1. The lowest BCUT2D eigenvalue weighted by Crippen LogP contribution is -2.47. The topological polar surface area (TPSA) is 74.8 Å². The number of amides is 1. The number of rotatable bonds is 9. The molecule has 0 aliphatic heterocycles. The second-order valence-electron chi connectivity index (χ2n) is 6.34. The van der Waals surface area contributed by atoms with E-state index < -0.39 is 5.41 Å². The largest absolute Gasteiger partial charge is 0.378 e. The number of nitrogens with one attached hydrogen (secondary N) is 3. The van der Waals surface area contributed by atoms with E-state index in [4.69, 9.17) is 4.74 Å². The maximum atomic E-state index is 11.8. The molecule has 0 aliphatic carbocycles. The molecule has 0 aromatic rings. The Bertz CT molecular complexity index is 360. The molecule has 138 valence electrons. The van der Waals surface area contributed by atoms with Crippen molar-refractivity contribution in [2.75, 3.05) is 33.8 Å². The zero-order valence-corrected chi connectivity index (χ0v) is 18.0. The minimum absolute atomic E-state index is 0. The Balaban J connectivity index is 0. The van der Waals surface area contributed by atoms with Crippen molar-refractivity contribution in [1.29, 1.82) is 0 Å². The number of carbonyl (C=O) groups is 1. The number of hydrogen-bond donors (Lipinski definition) is 3. The van der Waals surface area contributed by atoms with Gasteiger partial charge in [0.2, 0.25) is 5.91 Å². The highest BCUT2D eigenvalue weighted by Crippen LogP contribution is 2.13. The normalized spacial score (nSPS) is 13.3. The second-order valence-corrected chi connectivity index (χ2v) is 6.34. The van der Waals surface area contributed by atoms with Crippen LogP contribution in [0.15, 0.2) is 4.99 Å². The van der Waals surface area contributed by atoms with Gasteiger partial charge in [0.15, 0.2) is 5.96 Å².